The van der Waals surface area contributed by atoms with Gasteiger partial charge in [-0.1, -0.05) is 23.9 Å². The van der Waals surface area contributed by atoms with Gasteiger partial charge in [0.15, 0.2) is 22.1 Å². The summed E-state index contributed by atoms with van der Waals surface area (Å²) in [5.74, 6) is 0.493. The number of para-hydroxylation sites is 2. The molecule has 1 aromatic heterocycles. The Bertz CT molecular complexity index is 882. The zero-order valence-corrected chi connectivity index (χ0v) is 16.6. The number of fused-ring (bicyclic) bond motifs is 2. The van der Waals surface area contributed by atoms with Gasteiger partial charge in [-0.25, -0.2) is 14.8 Å². The van der Waals surface area contributed by atoms with Crippen molar-refractivity contribution in [3.05, 3.63) is 24.3 Å². The summed E-state index contributed by atoms with van der Waals surface area (Å²) in [5.41, 5.74) is 1.94. The number of halogens is 1. The van der Waals surface area contributed by atoms with E-state index in [0.717, 1.165) is 26.8 Å². The van der Waals surface area contributed by atoms with Gasteiger partial charge in [0.1, 0.15) is 0 Å². The lowest BCUT2D eigenvalue weighted by atomic mass is 10.1. The van der Waals surface area contributed by atoms with Crippen LogP contribution in [0.5, 0.6) is 0 Å². The second-order valence-corrected chi connectivity index (χ2v) is 7.94. The quantitative estimate of drug-likeness (QED) is 0.584. The third-order valence-corrected chi connectivity index (χ3v) is 6.12. The van der Waals surface area contributed by atoms with E-state index in [9.17, 15) is 9.59 Å². The molecular formula is C16H17BrN6O2S. The summed E-state index contributed by atoms with van der Waals surface area (Å²) in [6, 6.07) is 7.05. The Balaban J connectivity index is 1.45. The number of nitrogens with zero attached hydrogens (tertiary/aromatic N) is 5. The number of hydrogen-bond acceptors (Lipinski definition) is 6. The molecular weight excluding hydrogens is 420 g/mol. The monoisotopic (exact) mass is 436 g/mol. The maximum atomic E-state index is 12.6. The Morgan fingerprint density at radius 1 is 1.27 bits per heavy atom. The number of aliphatic imine (C=N–C) groups is 1. The Hall–Kier alpha value is -2.07. The van der Waals surface area contributed by atoms with E-state index in [1.54, 1.807) is 18.8 Å². The Morgan fingerprint density at radius 2 is 2.04 bits per heavy atom. The molecule has 1 saturated heterocycles. The highest BCUT2D eigenvalue weighted by Crippen LogP contribution is 2.29. The maximum Gasteiger partial charge on any atom is 0.328 e. The number of H-pyrrole nitrogens is 1. The summed E-state index contributed by atoms with van der Waals surface area (Å²) in [7, 11) is 3.17. The van der Waals surface area contributed by atoms with Gasteiger partial charge in [-0.2, -0.15) is 0 Å². The Kier molecular flexibility index (Phi) is 4.39. The molecule has 10 heteroatoms. The number of aromatic amines is 1. The lowest BCUT2D eigenvalue weighted by molar-refractivity contribution is -0.136. The van der Waals surface area contributed by atoms with Crippen LogP contribution in [-0.4, -0.2) is 80.0 Å². The molecule has 1 fully saturated rings. The van der Waals surface area contributed by atoms with E-state index in [2.05, 4.69) is 30.9 Å². The van der Waals surface area contributed by atoms with Crippen molar-refractivity contribution < 1.29 is 9.59 Å². The minimum absolute atomic E-state index is 0.231. The van der Waals surface area contributed by atoms with Crippen LogP contribution in [0.1, 0.15) is 0 Å². The SMILES string of the molecule is CN1C(=O)C2C(N=C(Br)N2CCSc2nc3ccccc3[nH]2)N(C)C1=O. The first-order valence-electron chi connectivity index (χ1n) is 8.09. The van der Waals surface area contributed by atoms with E-state index >= 15 is 0 Å². The fourth-order valence-corrected chi connectivity index (χ4v) is 4.64. The molecule has 8 nitrogen and oxygen atoms in total. The number of nitrogens with one attached hydrogen (secondary N) is 1. The third-order valence-electron chi connectivity index (χ3n) is 4.60. The summed E-state index contributed by atoms with van der Waals surface area (Å²) in [6.07, 6.45) is -0.489. The molecule has 0 saturated carbocycles. The van der Waals surface area contributed by atoms with Crippen LogP contribution in [0, 0.1) is 0 Å². The first kappa shape index (κ1) is 17.3. The predicted octanol–water partition coefficient (Wildman–Crippen LogP) is 1.94. The van der Waals surface area contributed by atoms with Crippen molar-refractivity contribution in [2.45, 2.75) is 17.4 Å². The molecule has 1 aromatic carbocycles. The molecule has 136 valence electrons. The molecule has 0 aliphatic carbocycles. The van der Waals surface area contributed by atoms with Crippen molar-refractivity contribution in [2.24, 2.45) is 4.99 Å². The van der Waals surface area contributed by atoms with Crippen molar-refractivity contribution in [3.8, 4) is 0 Å². The number of thioether (sulfide) groups is 1. The molecule has 2 unspecified atom stereocenters. The van der Waals surface area contributed by atoms with E-state index in [4.69, 9.17) is 0 Å². The lowest BCUT2D eigenvalue weighted by Gasteiger charge is -2.39. The lowest BCUT2D eigenvalue weighted by Crippen LogP contribution is -2.64. The number of aromatic nitrogens is 2. The second-order valence-electron chi connectivity index (χ2n) is 6.15. The van der Waals surface area contributed by atoms with Gasteiger partial charge in [-0.05, 0) is 28.1 Å². The number of rotatable bonds is 4. The number of carbonyl (C=O) groups is 2. The molecule has 0 spiro atoms. The van der Waals surface area contributed by atoms with Gasteiger partial charge in [0.2, 0.25) is 0 Å². The summed E-state index contributed by atoms with van der Waals surface area (Å²) in [5, 5.41) is 0.842. The number of benzene rings is 1. The average molecular weight is 437 g/mol. The van der Waals surface area contributed by atoms with Gasteiger partial charge in [0, 0.05) is 26.4 Å². The molecule has 0 bridgehead atoms. The van der Waals surface area contributed by atoms with Crippen molar-refractivity contribution in [1.82, 2.24) is 24.7 Å². The number of imidazole rings is 1. The van der Waals surface area contributed by atoms with Crippen LogP contribution >= 0.6 is 27.7 Å². The molecule has 4 rings (SSSR count). The fraction of sp³-hybridized carbons (Fsp3) is 0.375. The van der Waals surface area contributed by atoms with Gasteiger partial charge in [-0.15, -0.1) is 0 Å². The summed E-state index contributed by atoms with van der Waals surface area (Å²) in [6.45, 7) is 0.606. The first-order chi connectivity index (χ1) is 12.5. The summed E-state index contributed by atoms with van der Waals surface area (Å²) < 4.78 is 0.598. The average Bonchev–Trinajstić information content (AvgIpc) is 3.19. The number of carbonyl (C=O) groups excluding carboxylic acids is 2. The van der Waals surface area contributed by atoms with E-state index < -0.39 is 12.2 Å². The van der Waals surface area contributed by atoms with Crippen molar-refractivity contribution in [2.75, 3.05) is 26.4 Å². The summed E-state index contributed by atoms with van der Waals surface area (Å²) >= 11 is 5.03. The molecule has 2 aromatic rings. The van der Waals surface area contributed by atoms with Gasteiger partial charge >= 0.3 is 6.03 Å². The van der Waals surface area contributed by atoms with Crippen LogP contribution in [0.25, 0.3) is 11.0 Å². The molecule has 2 aliphatic heterocycles. The molecule has 2 atom stereocenters. The zero-order chi connectivity index (χ0) is 18.4. The van der Waals surface area contributed by atoms with E-state index in [1.807, 2.05) is 29.2 Å². The van der Waals surface area contributed by atoms with Crippen molar-refractivity contribution >= 4 is 55.4 Å². The van der Waals surface area contributed by atoms with Gasteiger partial charge in [0.25, 0.3) is 5.91 Å². The predicted molar refractivity (Wildman–Crippen MR) is 103 cm³/mol. The second kappa shape index (κ2) is 6.58. The highest BCUT2D eigenvalue weighted by atomic mass is 79.9. The van der Waals surface area contributed by atoms with Crippen LogP contribution in [0.2, 0.25) is 0 Å². The van der Waals surface area contributed by atoms with Crippen molar-refractivity contribution in [3.63, 3.8) is 0 Å². The van der Waals surface area contributed by atoms with Crippen LogP contribution < -0.4 is 0 Å². The van der Waals surface area contributed by atoms with Crippen molar-refractivity contribution in [1.29, 1.82) is 0 Å². The molecule has 2 aliphatic rings. The number of imide groups is 1. The number of likely N-dealkylation sites (N-methyl/N-ethyl adjacent to an activating group) is 2. The normalized spacial score (nSPS) is 23.0. The molecule has 0 radical (unpaired) electrons. The number of amidine groups is 1. The smallest absolute Gasteiger partial charge is 0.328 e. The zero-order valence-electron chi connectivity index (χ0n) is 14.2. The number of amides is 3. The third kappa shape index (κ3) is 2.77. The highest BCUT2D eigenvalue weighted by molar-refractivity contribution is 9.18. The molecule has 3 amide bonds. The Labute approximate surface area is 162 Å². The Morgan fingerprint density at radius 3 is 2.81 bits per heavy atom. The topological polar surface area (TPSA) is 84.9 Å². The summed E-state index contributed by atoms with van der Waals surface area (Å²) in [4.78, 5) is 41.5. The van der Waals surface area contributed by atoms with Crippen LogP contribution in [0.4, 0.5) is 4.79 Å². The van der Waals surface area contributed by atoms with Gasteiger partial charge in [0.05, 0.1) is 11.0 Å². The number of hydrogen-bond donors (Lipinski definition) is 1. The van der Waals surface area contributed by atoms with Crippen LogP contribution in [0.3, 0.4) is 0 Å². The molecule has 3 heterocycles. The molecule has 1 N–H and O–H groups in total. The standard InChI is InChI=1S/C16H17BrN6O2S/c1-21-12-11(13(24)22(2)16(21)25)23(14(17)20-12)7-8-26-15-18-9-5-3-4-6-10(9)19-15/h3-6,11-12H,7-8H2,1-2H3,(H,18,19). The van der Waals surface area contributed by atoms with E-state index in [1.165, 1.54) is 11.9 Å². The van der Waals surface area contributed by atoms with Crippen LogP contribution in [0.15, 0.2) is 34.4 Å². The van der Waals surface area contributed by atoms with E-state index in [-0.39, 0.29) is 11.9 Å². The largest absolute Gasteiger partial charge is 0.334 e. The maximum absolute atomic E-state index is 12.6. The van der Waals surface area contributed by atoms with Crippen LogP contribution in [-0.2, 0) is 4.79 Å². The minimum atomic E-state index is -0.492. The van der Waals surface area contributed by atoms with Gasteiger partial charge in [-0.3, -0.25) is 9.69 Å². The fourth-order valence-electron chi connectivity index (χ4n) is 3.20. The minimum Gasteiger partial charge on any atom is -0.334 e. The molecule has 26 heavy (non-hydrogen) atoms. The highest BCUT2D eigenvalue weighted by Gasteiger charge is 2.50. The first-order valence-corrected chi connectivity index (χ1v) is 9.87. The number of urea groups is 1. The van der Waals surface area contributed by atoms with Gasteiger partial charge < -0.3 is 14.8 Å². The van der Waals surface area contributed by atoms with E-state index in [0.29, 0.717) is 11.3 Å².